The second kappa shape index (κ2) is 9.54. The van der Waals surface area contributed by atoms with Gasteiger partial charge in [-0.2, -0.15) is 0 Å². The van der Waals surface area contributed by atoms with E-state index in [1.54, 1.807) is 42.5 Å². The predicted molar refractivity (Wildman–Crippen MR) is 107 cm³/mol. The van der Waals surface area contributed by atoms with Crippen molar-refractivity contribution in [1.29, 1.82) is 0 Å². The Kier molecular flexibility index (Phi) is 7.39. The smallest absolute Gasteiger partial charge is 0.257 e. The third-order valence-electron chi connectivity index (χ3n) is 3.87. The van der Waals surface area contributed by atoms with Gasteiger partial charge in [-0.3, -0.25) is 9.10 Å². The molecular formula is C20H25FN2O4S. The first kappa shape index (κ1) is 21.7. The van der Waals surface area contributed by atoms with Gasteiger partial charge in [0, 0.05) is 12.1 Å². The monoisotopic (exact) mass is 408 g/mol. The fraction of sp³-hybridized carbons (Fsp3) is 0.350. The first-order valence-corrected chi connectivity index (χ1v) is 10.7. The van der Waals surface area contributed by atoms with Gasteiger partial charge >= 0.3 is 0 Å². The van der Waals surface area contributed by atoms with Crippen molar-refractivity contribution in [3.8, 4) is 5.75 Å². The summed E-state index contributed by atoms with van der Waals surface area (Å²) >= 11 is 0. The average molecular weight is 408 g/mol. The molecule has 1 amide bonds. The maximum Gasteiger partial charge on any atom is 0.257 e. The molecule has 0 aliphatic rings. The van der Waals surface area contributed by atoms with Gasteiger partial charge in [-0.1, -0.05) is 32.0 Å². The van der Waals surface area contributed by atoms with Crippen LogP contribution < -0.4 is 14.4 Å². The average Bonchev–Trinajstić information content (AvgIpc) is 2.63. The molecule has 0 aliphatic heterocycles. The molecule has 0 spiro atoms. The Hall–Kier alpha value is -2.61. The van der Waals surface area contributed by atoms with E-state index < -0.39 is 15.8 Å². The summed E-state index contributed by atoms with van der Waals surface area (Å²) < 4.78 is 44.8. The first-order chi connectivity index (χ1) is 13.2. The molecule has 0 bridgehead atoms. The van der Waals surface area contributed by atoms with E-state index in [-0.39, 0.29) is 24.6 Å². The molecule has 0 aliphatic carbocycles. The van der Waals surface area contributed by atoms with E-state index in [9.17, 15) is 17.6 Å². The largest absolute Gasteiger partial charge is 0.484 e. The van der Waals surface area contributed by atoms with E-state index in [1.165, 1.54) is 6.07 Å². The Labute approximate surface area is 165 Å². The molecule has 6 nitrogen and oxygen atoms in total. The molecule has 0 atom stereocenters. The van der Waals surface area contributed by atoms with Crippen molar-refractivity contribution in [1.82, 2.24) is 5.32 Å². The minimum atomic E-state index is -3.63. The van der Waals surface area contributed by atoms with Crippen LogP contribution in [-0.2, 0) is 21.4 Å². The van der Waals surface area contributed by atoms with E-state index in [1.807, 2.05) is 13.8 Å². The van der Waals surface area contributed by atoms with Gasteiger partial charge in [0.2, 0.25) is 10.0 Å². The van der Waals surface area contributed by atoms with Gasteiger partial charge in [0.1, 0.15) is 11.6 Å². The molecule has 1 N–H and O–H groups in total. The number of sulfonamides is 1. The number of hydrogen-bond acceptors (Lipinski definition) is 4. The van der Waals surface area contributed by atoms with Crippen LogP contribution >= 0.6 is 0 Å². The second-order valence-electron chi connectivity index (χ2n) is 6.84. The summed E-state index contributed by atoms with van der Waals surface area (Å²) in [5.41, 5.74) is 0.650. The molecule has 0 radical (unpaired) electrons. The highest BCUT2D eigenvalue weighted by Gasteiger charge is 2.19. The Morgan fingerprint density at radius 3 is 2.36 bits per heavy atom. The first-order valence-electron chi connectivity index (χ1n) is 8.87. The van der Waals surface area contributed by atoms with Crippen molar-refractivity contribution in [3.63, 3.8) is 0 Å². The zero-order valence-electron chi connectivity index (χ0n) is 16.2. The van der Waals surface area contributed by atoms with E-state index in [0.717, 1.165) is 10.6 Å². The molecule has 0 heterocycles. The number of carbonyl (C=O) groups excluding carboxylic acids is 1. The Bertz CT molecular complexity index is 899. The predicted octanol–water partition coefficient (Wildman–Crippen LogP) is 2.94. The van der Waals surface area contributed by atoms with Crippen molar-refractivity contribution in [2.24, 2.45) is 5.92 Å². The Morgan fingerprint density at radius 1 is 1.14 bits per heavy atom. The van der Waals surface area contributed by atoms with Crippen LogP contribution in [0.15, 0.2) is 48.5 Å². The Balaban J connectivity index is 2.08. The highest BCUT2D eigenvalue weighted by Crippen LogP contribution is 2.24. The van der Waals surface area contributed by atoms with Gasteiger partial charge in [0.05, 0.1) is 18.5 Å². The number of ether oxygens (including phenoxy) is 1. The van der Waals surface area contributed by atoms with Crippen molar-refractivity contribution >= 4 is 21.6 Å². The molecule has 2 aromatic carbocycles. The van der Waals surface area contributed by atoms with Gasteiger partial charge in [0.25, 0.3) is 5.91 Å². The molecule has 0 unspecified atom stereocenters. The van der Waals surface area contributed by atoms with Gasteiger partial charge in [0.15, 0.2) is 6.61 Å². The summed E-state index contributed by atoms with van der Waals surface area (Å²) in [4.78, 5) is 11.7. The van der Waals surface area contributed by atoms with Crippen LogP contribution in [0.1, 0.15) is 19.4 Å². The number of rotatable bonds is 9. The molecule has 0 fully saturated rings. The SMILES string of the molecule is CC(C)CNC(=O)COc1ccc(N(Cc2ccccc2F)S(C)(=O)=O)cc1. The third kappa shape index (κ3) is 6.53. The van der Waals surface area contributed by atoms with Crippen LogP contribution in [0.25, 0.3) is 0 Å². The van der Waals surface area contributed by atoms with Gasteiger partial charge in [-0.05, 0) is 36.2 Å². The van der Waals surface area contributed by atoms with Gasteiger partial charge in [-0.25, -0.2) is 12.8 Å². The quantitative estimate of drug-likeness (QED) is 0.692. The number of benzene rings is 2. The zero-order chi connectivity index (χ0) is 20.7. The summed E-state index contributed by atoms with van der Waals surface area (Å²) in [6, 6.07) is 12.3. The number of amides is 1. The molecule has 0 aromatic heterocycles. The normalized spacial score (nSPS) is 11.3. The summed E-state index contributed by atoms with van der Waals surface area (Å²) in [5.74, 6) is 0.0843. The molecule has 0 saturated heterocycles. The zero-order valence-corrected chi connectivity index (χ0v) is 17.0. The maximum atomic E-state index is 13.9. The molecular weight excluding hydrogens is 383 g/mol. The van der Waals surface area contributed by atoms with E-state index in [0.29, 0.717) is 23.9 Å². The lowest BCUT2D eigenvalue weighted by Gasteiger charge is -2.23. The Morgan fingerprint density at radius 2 is 1.79 bits per heavy atom. The molecule has 0 saturated carbocycles. The molecule has 152 valence electrons. The molecule has 8 heteroatoms. The number of anilines is 1. The molecule has 28 heavy (non-hydrogen) atoms. The van der Waals surface area contributed by atoms with Crippen molar-refractivity contribution in [2.45, 2.75) is 20.4 Å². The van der Waals surface area contributed by atoms with Gasteiger partial charge < -0.3 is 10.1 Å². The van der Waals surface area contributed by atoms with Crippen LogP contribution in [0.5, 0.6) is 5.75 Å². The number of carbonyl (C=O) groups is 1. The fourth-order valence-corrected chi connectivity index (χ4v) is 3.29. The van der Waals surface area contributed by atoms with Crippen molar-refractivity contribution < 1.29 is 22.3 Å². The lowest BCUT2D eigenvalue weighted by Crippen LogP contribution is -2.31. The second-order valence-corrected chi connectivity index (χ2v) is 8.75. The lowest BCUT2D eigenvalue weighted by atomic mass is 10.2. The van der Waals surface area contributed by atoms with E-state index in [4.69, 9.17) is 4.74 Å². The summed E-state index contributed by atoms with van der Waals surface area (Å²) in [5, 5.41) is 2.75. The maximum absolute atomic E-state index is 13.9. The highest BCUT2D eigenvalue weighted by atomic mass is 32.2. The van der Waals surface area contributed by atoms with Crippen LogP contribution in [0.3, 0.4) is 0 Å². The molecule has 2 aromatic rings. The summed E-state index contributed by atoms with van der Waals surface area (Å²) in [6.45, 7) is 4.31. The summed E-state index contributed by atoms with van der Waals surface area (Å²) in [7, 11) is -3.63. The highest BCUT2D eigenvalue weighted by molar-refractivity contribution is 7.92. The number of halogens is 1. The lowest BCUT2D eigenvalue weighted by molar-refractivity contribution is -0.123. The summed E-state index contributed by atoms with van der Waals surface area (Å²) in [6.07, 6.45) is 1.07. The van der Waals surface area contributed by atoms with Crippen molar-refractivity contribution in [2.75, 3.05) is 23.7 Å². The minimum Gasteiger partial charge on any atom is -0.484 e. The van der Waals surface area contributed by atoms with E-state index in [2.05, 4.69) is 5.32 Å². The van der Waals surface area contributed by atoms with E-state index >= 15 is 0 Å². The fourth-order valence-electron chi connectivity index (χ4n) is 2.41. The molecule has 2 rings (SSSR count). The standard InChI is InChI=1S/C20H25FN2O4S/c1-15(2)12-22-20(24)14-27-18-10-8-17(9-11-18)23(28(3,25)26)13-16-6-4-5-7-19(16)21/h4-11,15H,12-14H2,1-3H3,(H,22,24). The van der Waals surface area contributed by atoms with Crippen molar-refractivity contribution in [3.05, 3.63) is 59.9 Å². The van der Waals surface area contributed by atoms with Crippen LogP contribution in [0.2, 0.25) is 0 Å². The topological polar surface area (TPSA) is 75.7 Å². The third-order valence-corrected chi connectivity index (χ3v) is 5.01. The van der Waals surface area contributed by atoms with Crippen LogP contribution in [0.4, 0.5) is 10.1 Å². The van der Waals surface area contributed by atoms with Crippen LogP contribution in [0, 0.1) is 11.7 Å². The number of nitrogens with one attached hydrogen (secondary N) is 1. The number of nitrogens with zero attached hydrogens (tertiary/aromatic N) is 1. The minimum absolute atomic E-state index is 0.122. The van der Waals surface area contributed by atoms with Gasteiger partial charge in [-0.15, -0.1) is 0 Å². The number of hydrogen-bond donors (Lipinski definition) is 1. The van der Waals surface area contributed by atoms with Crippen LogP contribution in [-0.4, -0.2) is 33.7 Å².